The maximum atomic E-state index is 12.4. The molecule has 0 radical (unpaired) electrons. The smallest absolute Gasteiger partial charge is 0.255 e. The van der Waals surface area contributed by atoms with Gasteiger partial charge in [-0.1, -0.05) is 26.0 Å². The normalized spacial score (nSPS) is 16.6. The van der Waals surface area contributed by atoms with Crippen LogP contribution in [0.3, 0.4) is 0 Å². The van der Waals surface area contributed by atoms with Gasteiger partial charge in [0.15, 0.2) is 0 Å². The predicted molar refractivity (Wildman–Crippen MR) is 70.1 cm³/mol. The topological polar surface area (TPSA) is 20.3 Å². The van der Waals surface area contributed by atoms with Crippen molar-refractivity contribution in [1.29, 1.82) is 0 Å². The van der Waals surface area contributed by atoms with Gasteiger partial charge in [-0.15, -0.1) is 0 Å². The van der Waals surface area contributed by atoms with Gasteiger partial charge < -0.3 is 4.90 Å². The van der Waals surface area contributed by atoms with E-state index in [0.717, 1.165) is 17.7 Å². The van der Waals surface area contributed by atoms with Crippen molar-refractivity contribution in [3.8, 4) is 0 Å². The molecular formula is C15H21NO. The summed E-state index contributed by atoms with van der Waals surface area (Å²) in [5.74, 6) is 0.705. The second-order valence-electron chi connectivity index (χ2n) is 5.47. The van der Waals surface area contributed by atoms with E-state index in [2.05, 4.69) is 39.8 Å². The summed E-state index contributed by atoms with van der Waals surface area (Å²) in [5, 5.41) is 0. The lowest BCUT2D eigenvalue weighted by Crippen LogP contribution is -2.36. The van der Waals surface area contributed by atoms with Gasteiger partial charge in [0.1, 0.15) is 0 Å². The number of hydrogen-bond donors (Lipinski definition) is 0. The van der Waals surface area contributed by atoms with Crippen LogP contribution in [-0.4, -0.2) is 16.8 Å². The van der Waals surface area contributed by atoms with Gasteiger partial charge >= 0.3 is 0 Å². The molecule has 2 rings (SSSR count). The van der Waals surface area contributed by atoms with Gasteiger partial charge in [0, 0.05) is 18.2 Å². The second kappa shape index (κ2) is 4.17. The average molecular weight is 231 g/mol. The zero-order valence-corrected chi connectivity index (χ0v) is 11.4. The Morgan fingerprint density at radius 1 is 1.12 bits per heavy atom. The molecule has 1 amide bonds. The Morgan fingerprint density at radius 3 is 2.24 bits per heavy atom. The largest absolute Gasteiger partial charge is 0.331 e. The monoisotopic (exact) mass is 231 g/mol. The van der Waals surface area contributed by atoms with Crippen molar-refractivity contribution in [2.75, 3.05) is 0 Å². The third-order valence-electron chi connectivity index (χ3n) is 4.02. The van der Waals surface area contributed by atoms with E-state index in [1.54, 1.807) is 0 Å². The molecule has 2 heteroatoms. The van der Waals surface area contributed by atoms with Crippen LogP contribution in [0.1, 0.15) is 47.8 Å². The zero-order valence-electron chi connectivity index (χ0n) is 11.4. The molecule has 0 N–H and O–H groups in total. The first-order valence-electron chi connectivity index (χ1n) is 6.33. The van der Waals surface area contributed by atoms with Crippen molar-refractivity contribution in [3.05, 3.63) is 34.4 Å². The third kappa shape index (κ3) is 1.86. The van der Waals surface area contributed by atoms with Crippen LogP contribution in [0.25, 0.3) is 0 Å². The van der Waals surface area contributed by atoms with Crippen LogP contribution >= 0.6 is 0 Å². The Morgan fingerprint density at radius 2 is 1.71 bits per heavy atom. The van der Waals surface area contributed by atoms with E-state index >= 15 is 0 Å². The third-order valence-corrected chi connectivity index (χ3v) is 4.02. The number of hydrogen-bond acceptors (Lipinski definition) is 1. The van der Waals surface area contributed by atoms with Crippen molar-refractivity contribution in [2.45, 2.75) is 47.2 Å². The molecule has 1 unspecified atom stereocenters. The van der Waals surface area contributed by atoms with Crippen molar-refractivity contribution < 1.29 is 4.79 Å². The highest BCUT2D eigenvalue weighted by molar-refractivity contribution is 6.00. The summed E-state index contributed by atoms with van der Waals surface area (Å²) < 4.78 is 0. The van der Waals surface area contributed by atoms with E-state index in [0.29, 0.717) is 12.0 Å². The summed E-state index contributed by atoms with van der Waals surface area (Å²) in [6.45, 7) is 11.4. The molecule has 0 saturated heterocycles. The molecule has 1 aromatic carbocycles. The Labute approximate surface area is 104 Å². The van der Waals surface area contributed by atoms with Gasteiger partial charge in [-0.05, 0) is 43.4 Å². The standard InChI is InChI=1S/C15H21NO/c1-9(2)12(5)16-8-13-10(3)6-7-11(4)14(13)15(16)17/h6-7,9,12H,8H2,1-5H3. The minimum atomic E-state index is 0.211. The Bertz CT molecular complexity index is 462. The molecule has 0 bridgehead atoms. The van der Waals surface area contributed by atoms with Crippen molar-refractivity contribution in [2.24, 2.45) is 5.92 Å². The summed E-state index contributed by atoms with van der Waals surface area (Å²) in [6, 6.07) is 4.47. The fraction of sp³-hybridized carbons (Fsp3) is 0.533. The molecule has 0 aliphatic carbocycles. The van der Waals surface area contributed by atoms with Crippen LogP contribution in [0.4, 0.5) is 0 Å². The summed E-state index contributed by atoms with van der Waals surface area (Å²) in [4.78, 5) is 14.5. The van der Waals surface area contributed by atoms with Gasteiger partial charge in [0.05, 0.1) is 0 Å². The highest BCUT2D eigenvalue weighted by atomic mass is 16.2. The van der Waals surface area contributed by atoms with Gasteiger partial charge in [-0.2, -0.15) is 0 Å². The van der Waals surface area contributed by atoms with Crippen LogP contribution in [0.15, 0.2) is 12.1 Å². The maximum absolute atomic E-state index is 12.4. The lowest BCUT2D eigenvalue weighted by molar-refractivity contribution is 0.0672. The summed E-state index contributed by atoms with van der Waals surface area (Å²) in [7, 11) is 0. The number of rotatable bonds is 2. The number of carbonyl (C=O) groups excluding carboxylic acids is 1. The van der Waals surface area contributed by atoms with E-state index in [1.165, 1.54) is 11.1 Å². The van der Waals surface area contributed by atoms with Crippen molar-refractivity contribution in [3.63, 3.8) is 0 Å². The first kappa shape index (κ1) is 12.2. The van der Waals surface area contributed by atoms with E-state index in [4.69, 9.17) is 0 Å². The van der Waals surface area contributed by atoms with E-state index in [-0.39, 0.29) is 5.91 Å². The summed E-state index contributed by atoms with van der Waals surface area (Å²) in [5.41, 5.74) is 4.51. The molecule has 1 aliphatic heterocycles. The number of fused-ring (bicyclic) bond motifs is 1. The summed E-state index contributed by atoms with van der Waals surface area (Å²) >= 11 is 0. The molecule has 0 fully saturated rings. The van der Waals surface area contributed by atoms with Gasteiger partial charge in [-0.3, -0.25) is 4.79 Å². The molecular weight excluding hydrogens is 210 g/mol. The molecule has 92 valence electrons. The Hall–Kier alpha value is -1.31. The zero-order chi connectivity index (χ0) is 12.7. The summed E-state index contributed by atoms with van der Waals surface area (Å²) in [6.07, 6.45) is 0. The lowest BCUT2D eigenvalue weighted by atomic mass is 10.00. The average Bonchev–Trinajstić information content (AvgIpc) is 2.62. The highest BCUT2D eigenvalue weighted by Crippen LogP contribution is 2.31. The van der Waals surface area contributed by atoms with Crippen LogP contribution in [-0.2, 0) is 6.54 Å². The van der Waals surface area contributed by atoms with Gasteiger partial charge in [0.25, 0.3) is 5.91 Å². The number of aryl methyl sites for hydroxylation is 2. The van der Waals surface area contributed by atoms with Crippen LogP contribution < -0.4 is 0 Å². The van der Waals surface area contributed by atoms with Crippen molar-refractivity contribution in [1.82, 2.24) is 4.90 Å². The van der Waals surface area contributed by atoms with Crippen LogP contribution in [0.2, 0.25) is 0 Å². The first-order valence-corrected chi connectivity index (χ1v) is 6.33. The minimum Gasteiger partial charge on any atom is -0.331 e. The number of carbonyl (C=O) groups is 1. The number of nitrogens with zero attached hydrogens (tertiary/aromatic N) is 1. The van der Waals surface area contributed by atoms with Crippen LogP contribution in [0, 0.1) is 19.8 Å². The fourth-order valence-electron chi connectivity index (χ4n) is 2.45. The molecule has 1 aliphatic rings. The molecule has 1 aromatic rings. The highest BCUT2D eigenvalue weighted by Gasteiger charge is 2.33. The van der Waals surface area contributed by atoms with Crippen LogP contribution in [0.5, 0.6) is 0 Å². The second-order valence-corrected chi connectivity index (χ2v) is 5.47. The molecule has 2 nitrogen and oxygen atoms in total. The Balaban J connectivity index is 2.42. The van der Waals surface area contributed by atoms with E-state index in [1.807, 2.05) is 11.8 Å². The number of benzene rings is 1. The fourth-order valence-corrected chi connectivity index (χ4v) is 2.45. The molecule has 1 heterocycles. The SMILES string of the molecule is Cc1ccc(C)c2c1CN(C(C)C(C)C)C2=O. The molecule has 0 aromatic heterocycles. The van der Waals surface area contributed by atoms with E-state index < -0.39 is 0 Å². The van der Waals surface area contributed by atoms with E-state index in [9.17, 15) is 4.79 Å². The maximum Gasteiger partial charge on any atom is 0.255 e. The molecule has 0 saturated carbocycles. The minimum absolute atomic E-state index is 0.211. The first-order chi connectivity index (χ1) is 7.93. The Kier molecular flexibility index (Phi) is 2.98. The van der Waals surface area contributed by atoms with Crippen molar-refractivity contribution >= 4 is 5.91 Å². The van der Waals surface area contributed by atoms with Gasteiger partial charge in [0.2, 0.25) is 0 Å². The predicted octanol–water partition coefficient (Wildman–Crippen LogP) is 3.30. The molecule has 0 spiro atoms. The lowest BCUT2D eigenvalue weighted by Gasteiger charge is -2.27. The molecule has 17 heavy (non-hydrogen) atoms. The number of amides is 1. The molecule has 1 atom stereocenters. The quantitative estimate of drug-likeness (QED) is 0.764. The van der Waals surface area contributed by atoms with Gasteiger partial charge in [-0.25, -0.2) is 0 Å².